The molecule has 1 aromatic carbocycles. The number of nitrogens with two attached hydrogens (primary N) is 1. The van der Waals surface area contributed by atoms with Crippen LogP contribution in [0.15, 0.2) is 24.3 Å². The number of fused-ring (bicyclic) bond motifs is 1. The Balaban J connectivity index is 2.05. The number of carbonyl (C=O) groups is 1. The molecule has 2 atom stereocenters. The summed E-state index contributed by atoms with van der Waals surface area (Å²) < 4.78 is 5.57. The number of benzene rings is 1. The van der Waals surface area contributed by atoms with Crippen molar-refractivity contribution < 1.29 is 9.53 Å². The molecule has 1 aromatic rings. The summed E-state index contributed by atoms with van der Waals surface area (Å²) in [6.07, 6.45) is 4.53. The summed E-state index contributed by atoms with van der Waals surface area (Å²) in [6.45, 7) is 2.02. The quantitative estimate of drug-likeness (QED) is 0.832. The Morgan fingerprint density at radius 2 is 2.28 bits per heavy atom. The molecule has 3 nitrogen and oxygen atoms in total. The van der Waals surface area contributed by atoms with Gasteiger partial charge in [0.05, 0.1) is 0 Å². The van der Waals surface area contributed by atoms with E-state index in [0.717, 1.165) is 31.2 Å². The number of ether oxygens (including phenoxy) is 1. The summed E-state index contributed by atoms with van der Waals surface area (Å²) in [5.41, 5.74) is 8.24. The molecule has 1 aliphatic rings. The lowest BCUT2D eigenvalue weighted by molar-refractivity contribution is -0.152. The standard InChI is InChI=1S/C15H21NO2/c1-2-6-13(16)15(17)18-14-10-5-8-11-7-3-4-9-12(11)14/h3-4,7,9,13-14H,2,5-6,8,10,16H2,1H3/t13-,14?/m0/s1. The van der Waals surface area contributed by atoms with Gasteiger partial charge >= 0.3 is 5.97 Å². The van der Waals surface area contributed by atoms with Crippen molar-refractivity contribution in [3.8, 4) is 0 Å². The highest BCUT2D eigenvalue weighted by molar-refractivity contribution is 5.75. The fourth-order valence-electron chi connectivity index (χ4n) is 2.49. The summed E-state index contributed by atoms with van der Waals surface area (Å²) in [5, 5.41) is 0. The summed E-state index contributed by atoms with van der Waals surface area (Å²) in [4.78, 5) is 11.9. The van der Waals surface area contributed by atoms with E-state index in [1.807, 2.05) is 19.1 Å². The molecule has 0 saturated carbocycles. The van der Waals surface area contributed by atoms with Crippen molar-refractivity contribution >= 4 is 5.97 Å². The first kappa shape index (κ1) is 13.1. The van der Waals surface area contributed by atoms with Crippen molar-refractivity contribution in [2.75, 3.05) is 0 Å². The predicted octanol–water partition coefficient (Wildman–Crippen LogP) is 2.73. The molecule has 0 saturated heterocycles. The average molecular weight is 247 g/mol. The van der Waals surface area contributed by atoms with E-state index in [0.29, 0.717) is 6.42 Å². The van der Waals surface area contributed by atoms with Crippen LogP contribution in [0.5, 0.6) is 0 Å². The molecule has 2 rings (SSSR count). The van der Waals surface area contributed by atoms with Gasteiger partial charge in [0, 0.05) is 0 Å². The Labute approximate surface area is 108 Å². The van der Waals surface area contributed by atoms with Crippen molar-refractivity contribution in [2.45, 2.75) is 51.2 Å². The van der Waals surface area contributed by atoms with Crippen molar-refractivity contribution in [3.05, 3.63) is 35.4 Å². The van der Waals surface area contributed by atoms with Crippen molar-refractivity contribution in [2.24, 2.45) is 5.73 Å². The molecule has 0 heterocycles. The van der Waals surface area contributed by atoms with Crippen molar-refractivity contribution in [1.29, 1.82) is 0 Å². The maximum Gasteiger partial charge on any atom is 0.323 e. The van der Waals surface area contributed by atoms with E-state index in [4.69, 9.17) is 10.5 Å². The number of rotatable bonds is 4. The van der Waals surface area contributed by atoms with E-state index >= 15 is 0 Å². The van der Waals surface area contributed by atoms with Gasteiger partial charge in [0.25, 0.3) is 0 Å². The topological polar surface area (TPSA) is 52.3 Å². The number of esters is 1. The Kier molecular flexibility index (Phi) is 4.37. The van der Waals surface area contributed by atoms with Crippen molar-refractivity contribution in [1.82, 2.24) is 0 Å². The van der Waals surface area contributed by atoms with Gasteiger partial charge in [-0.15, -0.1) is 0 Å². The van der Waals surface area contributed by atoms with Gasteiger partial charge in [0.2, 0.25) is 0 Å². The molecule has 0 bridgehead atoms. The fraction of sp³-hybridized carbons (Fsp3) is 0.533. The largest absolute Gasteiger partial charge is 0.456 e. The molecule has 0 radical (unpaired) electrons. The Morgan fingerprint density at radius 1 is 1.50 bits per heavy atom. The van der Waals surface area contributed by atoms with Crippen LogP contribution in [0.1, 0.15) is 49.8 Å². The van der Waals surface area contributed by atoms with Crippen LogP contribution < -0.4 is 5.73 Å². The minimum absolute atomic E-state index is 0.106. The number of hydrogen-bond donors (Lipinski definition) is 1. The van der Waals surface area contributed by atoms with Gasteiger partial charge in [-0.1, -0.05) is 37.6 Å². The van der Waals surface area contributed by atoms with E-state index in [9.17, 15) is 4.79 Å². The van der Waals surface area contributed by atoms with Crippen LogP contribution in [-0.4, -0.2) is 12.0 Å². The monoisotopic (exact) mass is 247 g/mol. The minimum Gasteiger partial charge on any atom is -0.456 e. The molecule has 1 unspecified atom stereocenters. The average Bonchev–Trinajstić information content (AvgIpc) is 2.39. The second kappa shape index (κ2) is 6.01. The van der Waals surface area contributed by atoms with Gasteiger partial charge in [0.1, 0.15) is 12.1 Å². The number of hydrogen-bond acceptors (Lipinski definition) is 3. The third kappa shape index (κ3) is 2.91. The smallest absolute Gasteiger partial charge is 0.323 e. The highest BCUT2D eigenvalue weighted by Gasteiger charge is 2.25. The zero-order valence-corrected chi connectivity index (χ0v) is 10.9. The van der Waals surface area contributed by atoms with Gasteiger partial charge < -0.3 is 10.5 Å². The normalized spacial score (nSPS) is 20.0. The first-order valence-corrected chi connectivity index (χ1v) is 6.76. The zero-order valence-electron chi connectivity index (χ0n) is 10.9. The van der Waals surface area contributed by atoms with Gasteiger partial charge in [-0.3, -0.25) is 4.79 Å². The van der Waals surface area contributed by atoms with Gasteiger partial charge in [-0.2, -0.15) is 0 Å². The lowest BCUT2D eigenvalue weighted by atomic mass is 9.89. The molecule has 98 valence electrons. The van der Waals surface area contributed by atoms with Gasteiger partial charge in [-0.25, -0.2) is 0 Å². The highest BCUT2D eigenvalue weighted by Crippen LogP contribution is 2.32. The second-order valence-electron chi connectivity index (χ2n) is 4.91. The lowest BCUT2D eigenvalue weighted by Gasteiger charge is -2.26. The second-order valence-corrected chi connectivity index (χ2v) is 4.91. The molecule has 0 spiro atoms. The maximum atomic E-state index is 11.9. The molecule has 0 fully saturated rings. The predicted molar refractivity (Wildman–Crippen MR) is 71.1 cm³/mol. The molecule has 2 N–H and O–H groups in total. The molecule has 0 aromatic heterocycles. The zero-order chi connectivity index (χ0) is 13.0. The van der Waals surface area contributed by atoms with E-state index in [-0.39, 0.29) is 12.1 Å². The van der Waals surface area contributed by atoms with E-state index < -0.39 is 6.04 Å². The van der Waals surface area contributed by atoms with Crippen LogP contribution in [0, 0.1) is 0 Å². The molecule has 0 amide bonds. The minimum atomic E-state index is -0.482. The summed E-state index contributed by atoms with van der Waals surface area (Å²) in [5.74, 6) is -0.265. The Hall–Kier alpha value is -1.35. The van der Waals surface area contributed by atoms with Gasteiger partial charge in [-0.05, 0) is 36.8 Å². The fourth-order valence-corrected chi connectivity index (χ4v) is 2.49. The molecule has 1 aliphatic carbocycles. The third-order valence-electron chi connectivity index (χ3n) is 3.48. The maximum absolute atomic E-state index is 11.9. The van der Waals surface area contributed by atoms with Crippen molar-refractivity contribution in [3.63, 3.8) is 0 Å². The Morgan fingerprint density at radius 3 is 3.06 bits per heavy atom. The van der Waals surface area contributed by atoms with Crippen LogP contribution in [-0.2, 0) is 16.0 Å². The number of carbonyl (C=O) groups excluding carboxylic acids is 1. The molecular formula is C15H21NO2. The highest BCUT2D eigenvalue weighted by atomic mass is 16.5. The van der Waals surface area contributed by atoms with Crippen LogP contribution in [0.25, 0.3) is 0 Å². The molecular weight excluding hydrogens is 226 g/mol. The Bertz CT molecular complexity index is 417. The first-order chi connectivity index (χ1) is 8.72. The number of aryl methyl sites for hydroxylation is 1. The molecule has 3 heteroatoms. The van der Waals surface area contributed by atoms with E-state index in [1.165, 1.54) is 5.56 Å². The SMILES string of the molecule is CCC[C@H](N)C(=O)OC1CCCc2ccccc21. The van der Waals surface area contributed by atoms with Gasteiger partial charge in [0.15, 0.2) is 0 Å². The first-order valence-electron chi connectivity index (χ1n) is 6.76. The summed E-state index contributed by atoms with van der Waals surface area (Å²) in [7, 11) is 0. The van der Waals surface area contributed by atoms with Crippen LogP contribution in [0.3, 0.4) is 0 Å². The van der Waals surface area contributed by atoms with E-state index in [1.54, 1.807) is 0 Å². The summed E-state index contributed by atoms with van der Waals surface area (Å²) in [6, 6.07) is 7.71. The lowest BCUT2D eigenvalue weighted by Crippen LogP contribution is -2.33. The summed E-state index contributed by atoms with van der Waals surface area (Å²) >= 11 is 0. The van der Waals surface area contributed by atoms with E-state index in [2.05, 4.69) is 12.1 Å². The molecule has 18 heavy (non-hydrogen) atoms. The third-order valence-corrected chi connectivity index (χ3v) is 3.48. The van der Waals surface area contributed by atoms with Crippen LogP contribution >= 0.6 is 0 Å². The molecule has 0 aliphatic heterocycles. The van der Waals surface area contributed by atoms with Crippen LogP contribution in [0.4, 0.5) is 0 Å². The van der Waals surface area contributed by atoms with Crippen LogP contribution in [0.2, 0.25) is 0 Å².